The van der Waals surface area contributed by atoms with Crippen LogP contribution in [0, 0.1) is 0 Å². The number of aromatic carboxylic acids is 1. The largest absolute Gasteiger partial charge is 0.478 e. The highest BCUT2D eigenvalue weighted by Crippen LogP contribution is 2.28. The Morgan fingerprint density at radius 2 is 1.88 bits per heavy atom. The number of carbonyl (C=O) groups excluding carboxylic acids is 1. The maximum Gasteiger partial charge on any atom is 0.335 e. The number of carbonyl (C=O) groups is 2. The van der Waals surface area contributed by atoms with Crippen molar-refractivity contribution in [1.29, 1.82) is 0 Å². The maximum absolute atomic E-state index is 12.5. The third-order valence-corrected chi connectivity index (χ3v) is 4.49. The lowest BCUT2D eigenvalue weighted by Gasteiger charge is -2.16. The highest BCUT2D eigenvalue weighted by Gasteiger charge is 2.20. The zero-order valence-corrected chi connectivity index (χ0v) is 13.7. The molecule has 1 N–H and O–H groups in total. The van der Waals surface area contributed by atoms with E-state index >= 15 is 0 Å². The number of hydrogen-bond acceptors (Lipinski definition) is 3. The SMILES string of the molecule is CN(Cc1ccc(C(=O)O)cc1)C(=O)c1ccn(C2CCCC2)n1. The lowest BCUT2D eigenvalue weighted by atomic mass is 10.1. The van der Waals surface area contributed by atoms with Crippen LogP contribution >= 0.6 is 0 Å². The summed E-state index contributed by atoms with van der Waals surface area (Å²) in [6, 6.07) is 8.73. The van der Waals surface area contributed by atoms with Crippen molar-refractivity contribution < 1.29 is 14.7 Å². The molecule has 1 aliphatic rings. The van der Waals surface area contributed by atoms with Crippen molar-refractivity contribution >= 4 is 11.9 Å². The van der Waals surface area contributed by atoms with Crippen LogP contribution in [0.4, 0.5) is 0 Å². The monoisotopic (exact) mass is 327 g/mol. The summed E-state index contributed by atoms with van der Waals surface area (Å²) in [6.45, 7) is 0.412. The van der Waals surface area contributed by atoms with Gasteiger partial charge in [-0.25, -0.2) is 4.79 Å². The van der Waals surface area contributed by atoms with E-state index in [1.165, 1.54) is 12.8 Å². The molecule has 3 rings (SSSR count). The first-order chi connectivity index (χ1) is 11.5. The second-order valence-corrected chi connectivity index (χ2v) is 6.28. The molecule has 1 heterocycles. The topological polar surface area (TPSA) is 75.4 Å². The van der Waals surface area contributed by atoms with Gasteiger partial charge in [-0.1, -0.05) is 25.0 Å². The number of benzene rings is 1. The van der Waals surface area contributed by atoms with Crippen LogP contribution in [0.2, 0.25) is 0 Å². The second kappa shape index (κ2) is 6.86. The standard InChI is InChI=1S/C18H21N3O3/c1-20(12-13-6-8-14(9-7-13)18(23)24)17(22)16-10-11-21(19-16)15-4-2-3-5-15/h6-11,15H,2-5,12H2,1H3,(H,23,24). The minimum Gasteiger partial charge on any atom is -0.478 e. The van der Waals surface area contributed by atoms with Gasteiger partial charge in [0.25, 0.3) is 5.91 Å². The summed E-state index contributed by atoms with van der Waals surface area (Å²) in [5.41, 5.74) is 1.57. The molecular formula is C18H21N3O3. The fourth-order valence-corrected chi connectivity index (χ4v) is 3.12. The molecule has 1 saturated carbocycles. The number of aromatic nitrogens is 2. The predicted molar refractivity (Wildman–Crippen MR) is 88.9 cm³/mol. The van der Waals surface area contributed by atoms with Crippen LogP contribution in [0.3, 0.4) is 0 Å². The minimum atomic E-state index is -0.955. The summed E-state index contributed by atoms with van der Waals surface area (Å²) < 4.78 is 1.91. The van der Waals surface area contributed by atoms with E-state index in [1.54, 1.807) is 42.3 Å². The fourth-order valence-electron chi connectivity index (χ4n) is 3.12. The third-order valence-electron chi connectivity index (χ3n) is 4.49. The molecule has 1 aliphatic carbocycles. The average molecular weight is 327 g/mol. The zero-order chi connectivity index (χ0) is 17.1. The van der Waals surface area contributed by atoms with Crippen molar-refractivity contribution in [3.05, 3.63) is 53.3 Å². The molecule has 6 nitrogen and oxygen atoms in total. The van der Waals surface area contributed by atoms with E-state index in [4.69, 9.17) is 5.11 Å². The van der Waals surface area contributed by atoms with Gasteiger partial charge in [0.1, 0.15) is 5.69 Å². The first-order valence-corrected chi connectivity index (χ1v) is 8.17. The van der Waals surface area contributed by atoms with E-state index in [1.807, 2.05) is 10.9 Å². The normalized spacial score (nSPS) is 14.7. The number of rotatable bonds is 5. The van der Waals surface area contributed by atoms with Crippen LogP contribution in [0.15, 0.2) is 36.5 Å². The van der Waals surface area contributed by atoms with Crippen molar-refractivity contribution in [2.24, 2.45) is 0 Å². The second-order valence-electron chi connectivity index (χ2n) is 6.28. The molecule has 24 heavy (non-hydrogen) atoms. The van der Waals surface area contributed by atoms with E-state index in [0.29, 0.717) is 18.3 Å². The molecule has 0 bridgehead atoms. The Balaban J connectivity index is 1.64. The summed E-state index contributed by atoms with van der Waals surface area (Å²) in [5, 5.41) is 13.4. The maximum atomic E-state index is 12.5. The Morgan fingerprint density at radius 3 is 2.50 bits per heavy atom. The molecule has 1 fully saturated rings. The summed E-state index contributed by atoms with van der Waals surface area (Å²) in [5.74, 6) is -1.09. The number of amides is 1. The van der Waals surface area contributed by atoms with E-state index in [2.05, 4.69) is 5.10 Å². The quantitative estimate of drug-likeness (QED) is 0.916. The lowest BCUT2D eigenvalue weighted by molar-refractivity contribution is 0.0695. The van der Waals surface area contributed by atoms with Crippen LogP contribution in [-0.4, -0.2) is 38.7 Å². The van der Waals surface area contributed by atoms with Crippen LogP contribution in [-0.2, 0) is 6.54 Å². The van der Waals surface area contributed by atoms with E-state index in [9.17, 15) is 9.59 Å². The molecule has 1 amide bonds. The molecule has 1 aromatic carbocycles. The first-order valence-electron chi connectivity index (χ1n) is 8.17. The number of carboxylic acid groups (broad SMARTS) is 1. The third kappa shape index (κ3) is 3.48. The Bertz CT molecular complexity index is 730. The molecular weight excluding hydrogens is 306 g/mol. The molecule has 0 unspecified atom stereocenters. The Morgan fingerprint density at radius 1 is 1.21 bits per heavy atom. The minimum absolute atomic E-state index is 0.131. The first kappa shape index (κ1) is 16.2. The highest BCUT2D eigenvalue weighted by molar-refractivity contribution is 5.92. The number of carboxylic acids is 1. The van der Waals surface area contributed by atoms with Crippen LogP contribution in [0.25, 0.3) is 0 Å². The number of nitrogens with zero attached hydrogens (tertiary/aromatic N) is 3. The molecule has 6 heteroatoms. The molecule has 0 atom stereocenters. The van der Waals surface area contributed by atoms with Crippen molar-refractivity contribution in [3.8, 4) is 0 Å². The van der Waals surface area contributed by atoms with E-state index < -0.39 is 5.97 Å². The average Bonchev–Trinajstić information content (AvgIpc) is 3.25. The molecule has 126 valence electrons. The molecule has 0 spiro atoms. The smallest absolute Gasteiger partial charge is 0.335 e. The van der Waals surface area contributed by atoms with Gasteiger partial charge in [-0.3, -0.25) is 9.48 Å². The highest BCUT2D eigenvalue weighted by atomic mass is 16.4. The van der Waals surface area contributed by atoms with Gasteiger partial charge in [-0.2, -0.15) is 5.10 Å². The summed E-state index contributed by atoms with van der Waals surface area (Å²) >= 11 is 0. The molecule has 2 aromatic rings. The van der Waals surface area contributed by atoms with Crippen molar-refractivity contribution in [2.45, 2.75) is 38.3 Å². The van der Waals surface area contributed by atoms with Gasteiger partial charge in [-0.05, 0) is 36.6 Å². The van der Waals surface area contributed by atoms with Gasteiger partial charge in [0.2, 0.25) is 0 Å². The molecule has 1 aromatic heterocycles. The van der Waals surface area contributed by atoms with E-state index in [-0.39, 0.29) is 11.5 Å². The molecule has 0 aliphatic heterocycles. The Hall–Kier alpha value is -2.63. The van der Waals surface area contributed by atoms with Crippen LogP contribution < -0.4 is 0 Å². The van der Waals surface area contributed by atoms with Gasteiger partial charge < -0.3 is 10.0 Å². The zero-order valence-electron chi connectivity index (χ0n) is 13.7. The van der Waals surface area contributed by atoms with Gasteiger partial charge in [-0.15, -0.1) is 0 Å². The number of hydrogen-bond donors (Lipinski definition) is 1. The van der Waals surface area contributed by atoms with Crippen molar-refractivity contribution in [2.75, 3.05) is 7.05 Å². The Kier molecular flexibility index (Phi) is 4.64. The molecule has 0 radical (unpaired) electrons. The Labute approximate surface area is 140 Å². The summed E-state index contributed by atoms with van der Waals surface area (Å²) in [6.07, 6.45) is 6.58. The van der Waals surface area contributed by atoms with Gasteiger partial charge in [0.15, 0.2) is 0 Å². The summed E-state index contributed by atoms with van der Waals surface area (Å²) in [7, 11) is 1.72. The molecule has 0 saturated heterocycles. The summed E-state index contributed by atoms with van der Waals surface area (Å²) in [4.78, 5) is 25.0. The van der Waals surface area contributed by atoms with Gasteiger partial charge in [0.05, 0.1) is 11.6 Å². The van der Waals surface area contributed by atoms with Crippen molar-refractivity contribution in [3.63, 3.8) is 0 Å². The van der Waals surface area contributed by atoms with Gasteiger partial charge in [0, 0.05) is 19.8 Å². The van der Waals surface area contributed by atoms with Gasteiger partial charge >= 0.3 is 5.97 Å². The van der Waals surface area contributed by atoms with Crippen molar-refractivity contribution in [1.82, 2.24) is 14.7 Å². The van der Waals surface area contributed by atoms with Crippen LogP contribution in [0.5, 0.6) is 0 Å². The van der Waals surface area contributed by atoms with E-state index in [0.717, 1.165) is 18.4 Å². The fraction of sp³-hybridized carbons (Fsp3) is 0.389. The van der Waals surface area contributed by atoms with Crippen LogP contribution in [0.1, 0.15) is 58.1 Å². The lowest BCUT2D eigenvalue weighted by Crippen LogP contribution is -2.26. The predicted octanol–water partition coefficient (Wildman–Crippen LogP) is 2.97.